The van der Waals surface area contributed by atoms with Crippen molar-refractivity contribution >= 4 is 30.1 Å². The fourth-order valence-corrected chi connectivity index (χ4v) is 7.63. The summed E-state index contributed by atoms with van der Waals surface area (Å²) in [4.78, 5) is 2.61. The lowest BCUT2D eigenvalue weighted by molar-refractivity contribution is 0.243. The number of hydrogen-bond donors (Lipinski definition) is 0. The lowest BCUT2D eigenvalue weighted by Gasteiger charge is -2.32. The third-order valence-electron chi connectivity index (χ3n) is 10.4. The van der Waals surface area contributed by atoms with Gasteiger partial charge in [-0.3, -0.25) is 0 Å². The van der Waals surface area contributed by atoms with Crippen molar-refractivity contribution in [2.24, 2.45) is 0 Å². The summed E-state index contributed by atoms with van der Waals surface area (Å²) in [5.74, 6) is 1.41. The van der Waals surface area contributed by atoms with Crippen molar-refractivity contribution in [1.29, 1.82) is 5.26 Å². The van der Waals surface area contributed by atoms with Crippen LogP contribution in [0.2, 0.25) is 0 Å². The highest BCUT2D eigenvalue weighted by molar-refractivity contribution is 5.94. The second kappa shape index (κ2) is 18.9. The molecule has 1 atom stereocenters. The molecule has 0 N–H and O–H groups in total. The van der Waals surface area contributed by atoms with Crippen LogP contribution in [0.4, 0.5) is 0 Å². The summed E-state index contributed by atoms with van der Waals surface area (Å²) in [7, 11) is 3.34. The molecule has 256 valence electrons. The molecule has 1 fully saturated rings. The number of nitrogens with zero attached hydrogens (tertiary/aromatic N) is 2. The zero-order valence-corrected chi connectivity index (χ0v) is 30.3. The van der Waals surface area contributed by atoms with Crippen LogP contribution in [0.5, 0.6) is 11.5 Å². The highest BCUT2D eigenvalue weighted by Gasteiger charge is 2.33. The van der Waals surface area contributed by atoms with Crippen molar-refractivity contribution in [2.45, 2.75) is 95.8 Å². The first-order valence-electron chi connectivity index (χ1n) is 18.1. The average molecular weight is 667 g/mol. The van der Waals surface area contributed by atoms with Gasteiger partial charge in [0.05, 0.1) is 25.7 Å². The van der Waals surface area contributed by atoms with E-state index in [1.54, 1.807) is 19.8 Å². The highest BCUT2D eigenvalue weighted by Crippen LogP contribution is 2.41. The SMILES string of the molecule is CCCCCCCCCCC(C#N)(CCCN1CCC(=C2c3ccccc3C=Cc3ccccc32)CC1)c1ccc(OC)c(OC)c1.Cl. The minimum Gasteiger partial charge on any atom is -0.493 e. The summed E-state index contributed by atoms with van der Waals surface area (Å²) in [6, 6.07) is 26.6. The topological polar surface area (TPSA) is 45.5 Å². The minimum absolute atomic E-state index is 0. The summed E-state index contributed by atoms with van der Waals surface area (Å²) in [5, 5.41) is 10.8. The molecule has 4 nitrogen and oxygen atoms in total. The number of methoxy groups -OCH3 is 2. The number of fused-ring (bicyclic) bond motifs is 2. The van der Waals surface area contributed by atoms with E-state index in [0.717, 1.165) is 63.7 Å². The van der Waals surface area contributed by atoms with Gasteiger partial charge in [-0.2, -0.15) is 5.26 Å². The predicted octanol–water partition coefficient (Wildman–Crippen LogP) is 11.3. The lowest BCUT2D eigenvalue weighted by Crippen LogP contribution is -2.33. The molecule has 0 amide bonds. The van der Waals surface area contributed by atoms with Crippen LogP contribution in [0.15, 0.2) is 72.3 Å². The van der Waals surface area contributed by atoms with E-state index in [1.165, 1.54) is 72.8 Å². The first-order valence-corrected chi connectivity index (χ1v) is 18.1. The number of ether oxygens (including phenoxy) is 2. The molecule has 5 heteroatoms. The smallest absolute Gasteiger partial charge is 0.161 e. The third-order valence-corrected chi connectivity index (χ3v) is 10.4. The van der Waals surface area contributed by atoms with E-state index in [-0.39, 0.29) is 12.4 Å². The van der Waals surface area contributed by atoms with E-state index in [9.17, 15) is 5.26 Å². The molecule has 3 aromatic rings. The molecular weight excluding hydrogens is 612 g/mol. The van der Waals surface area contributed by atoms with Gasteiger partial charge in [0.1, 0.15) is 0 Å². The number of benzene rings is 3. The number of rotatable bonds is 16. The van der Waals surface area contributed by atoms with Gasteiger partial charge in [-0.15, -0.1) is 12.4 Å². The second-order valence-corrected chi connectivity index (χ2v) is 13.4. The van der Waals surface area contributed by atoms with Gasteiger partial charge in [-0.05, 0) is 84.2 Å². The van der Waals surface area contributed by atoms with Gasteiger partial charge in [0.15, 0.2) is 11.5 Å². The number of piperidine rings is 1. The molecule has 1 unspecified atom stereocenters. The van der Waals surface area contributed by atoms with Gasteiger partial charge in [-0.1, -0.05) is 131 Å². The lowest BCUT2D eigenvalue weighted by atomic mass is 9.74. The van der Waals surface area contributed by atoms with Crippen molar-refractivity contribution in [2.75, 3.05) is 33.9 Å². The van der Waals surface area contributed by atoms with Gasteiger partial charge >= 0.3 is 0 Å². The molecule has 1 heterocycles. The van der Waals surface area contributed by atoms with Crippen molar-refractivity contribution in [1.82, 2.24) is 4.90 Å². The molecule has 1 saturated heterocycles. The molecule has 3 aromatic carbocycles. The summed E-state index contributed by atoms with van der Waals surface area (Å²) in [5.41, 5.74) is 8.84. The zero-order valence-electron chi connectivity index (χ0n) is 29.4. The fraction of sp³-hybridized carbons (Fsp3) is 0.465. The Morgan fingerprint density at radius 1 is 0.708 bits per heavy atom. The number of likely N-dealkylation sites (tertiary alicyclic amines) is 1. The normalized spacial score (nSPS) is 15.4. The third kappa shape index (κ3) is 9.13. The fourth-order valence-electron chi connectivity index (χ4n) is 7.63. The van der Waals surface area contributed by atoms with Gasteiger partial charge in [0.2, 0.25) is 0 Å². The van der Waals surface area contributed by atoms with Crippen LogP contribution >= 0.6 is 12.4 Å². The van der Waals surface area contributed by atoms with E-state index in [4.69, 9.17) is 9.47 Å². The standard InChI is InChI=1S/C43H54N2O2.ClH/c1-4-5-6-7-8-9-10-15-27-43(33-44,37-23-24-40(46-2)41(32-37)47-3)28-16-29-45-30-25-36(26-31-45)42-38-19-13-11-17-34(38)21-22-35-18-12-14-20-39(35)42;/h11-14,17-24,32H,4-10,15-16,25-31H2,1-3H3;1H. The summed E-state index contributed by atoms with van der Waals surface area (Å²) >= 11 is 0. The molecule has 5 rings (SSSR count). The van der Waals surface area contributed by atoms with Crippen LogP contribution in [0.1, 0.15) is 118 Å². The Balaban J connectivity index is 0.00000520. The monoisotopic (exact) mass is 666 g/mol. The molecular formula is C43H55ClN2O2. The van der Waals surface area contributed by atoms with Gasteiger partial charge in [0.25, 0.3) is 0 Å². The van der Waals surface area contributed by atoms with Crippen LogP contribution in [-0.2, 0) is 5.41 Å². The van der Waals surface area contributed by atoms with E-state index >= 15 is 0 Å². The number of hydrogen-bond acceptors (Lipinski definition) is 4. The highest BCUT2D eigenvalue weighted by atomic mass is 35.5. The summed E-state index contributed by atoms with van der Waals surface area (Å²) in [6.07, 6.45) is 19.6. The predicted molar refractivity (Wildman–Crippen MR) is 204 cm³/mol. The maximum atomic E-state index is 10.8. The zero-order chi connectivity index (χ0) is 32.9. The Bertz CT molecular complexity index is 1510. The molecule has 0 saturated carbocycles. The van der Waals surface area contributed by atoms with E-state index in [2.05, 4.69) is 84.6 Å². The van der Waals surface area contributed by atoms with Gasteiger partial charge < -0.3 is 14.4 Å². The van der Waals surface area contributed by atoms with E-state index in [1.807, 2.05) is 12.1 Å². The molecule has 1 aliphatic carbocycles. The van der Waals surface area contributed by atoms with E-state index < -0.39 is 5.41 Å². The molecule has 0 spiro atoms. The second-order valence-electron chi connectivity index (χ2n) is 13.4. The van der Waals surface area contributed by atoms with Crippen molar-refractivity contribution in [3.8, 4) is 17.6 Å². The van der Waals surface area contributed by atoms with Crippen LogP contribution in [0.25, 0.3) is 17.7 Å². The molecule has 0 aromatic heterocycles. The number of nitriles is 1. The average Bonchev–Trinajstić information content (AvgIpc) is 3.29. The van der Waals surface area contributed by atoms with Crippen molar-refractivity contribution in [3.63, 3.8) is 0 Å². The Labute approximate surface area is 296 Å². The first-order chi connectivity index (χ1) is 23.1. The summed E-state index contributed by atoms with van der Waals surface area (Å²) < 4.78 is 11.2. The van der Waals surface area contributed by atoms with Crippen LogP contribution in [-0.4, -0.2) is 38.8 Å². The van der Waals surface area contributed by atoms with Gasteiger partial charge in [0, 0.05) is 13.1 Å². The van der Waals surface area contributed by atoms with Crippen LogP contribution < -0.4 is 9.47 Å². The molecule has 2 aliphatic rings. The molecule has 0 radical (unpaired) electrons. The van der Waals surface area contributed by atoms with Crippen molar-refractivity contribution in [3.05, 3.63) is 100 Å². The maximum absolute atomic E-state index is 10.8. The number of halogens is 1. The Hall–Kier alpha value is -3.52. The quantitative estimate of drug-likeness (QED) is 0.112. The van der Waals surface area contributed by atoms with E-state index in [0.29, 0.717) is 11.5 Å². The minimum atomic E-state index is -0.522. The molecule has 0 bridgehead atoms. The van der Waals surface area contributed by atoms with Crippen molar-refractivity contribution < 1.29 is 9.47 Å². The Morgan fingerprint density at radius 3 is 1.85 bits per heavy atom. The van der Waals surface area contributed by atoms with Crippen LogP contribution in [0.3, 0.4) is 0 Å². The Morgan fingerprint density at radius 2 is 1.27 bits per heavy atom. The Kier molecular flexibility index (Phi) is 14.7. The molecule has 48 heavy (non-hydrogen) atoms. The first kappa shape index (κ1) is 37.3. The summed E-state index contributed by atoms with van der Waals surface area (Å²) in [6.45, 7) is 5.41. The van der Waals surface area contributed by atoms with Gasteiger partial charge in [-0.25, -0.2) is 0 Å². The largest absolute Gasteiger partial charge is 0.493 e. The number of unbranched alkanes of at least 4 members (excludes halogenated alkanes) is 7. The maximum Gasteiger partial charge on any atom is 0.161 e. The molecule has 1 aliphatic heterocycles. The van der Waals surface area contributed by atoms with Crippen LogP contribution in [0, 0.1) is 11.3 Å².